The lowest BCUT2D eigenvalue weighted by atomic mass is 10.2. The van der Waals surface area contributed by atoms with E-state index in [2.05, 4.69) is 0 Å². The summed E-state index contributed by atoms with van der Waals surface area (Å²) in [4.78, 5) is 0. The van der Waals surface area contributed by atoms with Gasteiger partial charge in [0.2, 0.25) is 0 Å². The zero-order valence-electron chi connectivity index (χ0n) is 8.58. The van der Waals surface area contributed by atoms with Crippen molar-refractivity contribution >= 4 is 0 Å². The summed E-state index contributed by atoms with van der Waals surface area (Å²) in [6, 6.07) is 6.32. The molecule has 16 heavy (non-hydrogen) atoms. The van der Waals surface area contributed by atoms with Crippen molar-refractivity contribution in [3.8, 4) is 11.8 Å². The van der Waals surface area contributed by atoms with Crippen molar-refractivity contribution in [3.63, 3.8) is 0 Å². The first-order chi connectivity index (χ1) is 7.43. The van der Waals surface area contributed by atoms with Crippen LogP contribution >= 0.6 is 0 Å². The monoisotopic (exact) mass is 229 g/mol. The second-order valence-electron chi connectivity index (χ2n) is 3.31. The average molecular weight is 229 g/mol. The molecule has 0 N–H and O–H groups in total. The van der Waals surface area contributed by atoms with Crippen molar-refractivity contribution in [2.24, 2.45) is 0 Å². The van der Waals surface area contributed by atoms with Gasteiger partial charge in [-0.3, -0.25) is 0 Å². The highest BCUT2D eigenvalue weighted by Gasteiger charge is 2.30. The largest absolute Gasteiger partial charge is 0.490 e. The van der Waals surface area contributed by atoms with Crippen molar-refractivity contribution in [2.75, 3.05) is 0 Å². The Kier molecular flexibility index (Phi) is 3.78. The quantitative estimate of drug-likeness (QED) is 0.795. The maximum atomic E-state index is 12.2. The number of nitrogens with zero attached hydrogens (tertiary/aromatic N) is 1. The molecule has 1 rings (SSSR count). The summed E-state index contributed by atoms with van der Waals surface area (Å²) >= 11 is 0. The maximum Gasteiger partial charge on any atom is 0.416 e. The van der Waals surface area contributed by atoms with Crippen molar-refractivity contribution < 1.29 is 17.9 Å². The Morgan fingerprint density at radius 3 is 2.31 bits per heavy atom. The van der Waals surface area contributed by atoms with Crippen LogP contribution in [0.5, 0.6) is 5.75 Å². The van der Waals surface area contributed by atoms with Gasteiger partial charge >= 0.3 is 6.18 Å². The Labute approximate surface area is 91.3 Å². The first-order valence-corrected chi connectivity index (χ1v) is 4.64. The van der Waals surface area contributed by atoms with Gasteiger partial charge in [-0.2, -0.15) is 18.4 Å². The van der Waals surface area contributed by atoms with Crippen molar-refractivity contribution in [1.82, 2.24) is 0 Å². The minimum absolute atomic E-state index is 0.195. The van der Waals surface area contributed by atoms with Crippen LogP contribution in [0.2, 0.25) is 0 Å². The Balaban J connectivity index is 2.69. The van der Waals surface area contributed by atoms with Crippen molar-refractivity contribution in [3.05, 3.63) is 29.8 Å². The Bertz CT molecular complexity index is 378. The molecule has 1 aromatic rings. The predicted molar refractivity (Wildman–Crippen MR) is 51.8 cm³/mol. The van der Waals surface area contributed by atoms with Crippen LogP contribution in [0.25, 0.3) is 0 Å². The second-order valence-corrected chi connectivity index (χ2v) is 3.31. The number of hydrogen-bond acceptors (Lipinski definition) is 2. The molecule has 0 aliphatic heterocycles. The molecule has 1 aromatic carbocycles. The van der Waals surface area contributed by atoms with E-state index in [4.69, 9.17) is 10.00 Å². The lowest BCUT2D eigenvalue weighted by Crippen LogP contribution is -2.11. The first-order valence-electron chi connectivity index (χ1n) is 4.64. The van der Waals surface area contributed by atoms with E-state index in [-0.39, 0.29) is 12.5 Å². The molecule has 0 aliphatic rings. The van der Waals surface area contributed by atoms with Gasteiger partial charge < -0.3 is 4.74 Å². The van der Waals surface area contributed by atoms with E-state index in [1.165, 1.54) is 12.1 Å². The third-order valence-electron chi connectivity index (χ3n) is 1.90. The van der Waals surface area contributed by atoms with Crippen LogP contribution in [0.4, 0.5) is 13.2 Å². The zero-order valence-corrected chi connectivity index (χ0v) is 8.58. The molecule has 0 radical (unpaired) electrons. The fourth-order valence-electron chi connectivity index (χ4n) is 1.13. The number of alkyl halides is 3. The van der Waals surface area contributed by atoms with Gasteiger partial charge in [-0.25, -0.2) is 0 Å². The Morgan fingerprint density at radius 1 is 1.31 bits per heavy atom. The van der Waals surface area contributed by atoms with Gasteiger partial charge in [0, 0.05) is 0 Å². The molecule has 0 aliphatic carbocycles. The van der Waals surface area contributed by atoms with Gasteiger partial charge in [0.05, 0.1) is 18.1 Å². The molecule has 1 atom stereocenters. The second kappa shape index (κ2) is 4.88. The third kappa shape index (κ3) is 3.46. The number of nitriles is 1. The SMILES string of the molecule is CC(CC#N)Oc1ccc(C(F)(F)F)cc1. The molecule has 0 fully saturated rings. The van der Waals surface area contributed by atoms with E-state index in [9.17, 15) is 13.2 Å². The van der Waals surface area contributed by atoms with Crippen LogP contribution in [0.15, 0.2) is 24.3 Å². The fraction of sp³-hybridized carbons (Fsp3) is 0.364. The van der Waals surface area contributed by atoms with Crippen LogP contribution in [0.1, 0.15) is 18.9 Å². The van der Waals surface area contributed by atoms with E-state index in [1.54, 1.807) is 6.92 Å². The molecular formula is C11H10F3NO. The number of halogens is 3. The molecule has 2 nitrogen and oxygen atoms in total. The summed E-state index contributed by atoms with van der Waals surface area (Å²) in [5.41, 5.74) is -0.715. The van der Waals surface area contributed by atoms with Crippen LogP contribution in [-0.4, -0.2) is 6.10 Å². The van der Waals surface area contributed by atoms with E-state index in [1.807, 2.05) is 6.07 Å². The number of ether oxygens (including phenoxy) is 1. The molecule has 86 valence electrons. The lowest BCUT2D eigenvalue weighted by molar-refractivity contribution is -0.137. The van der Waals surface area contributed by atoms with Crippen LogP contribution in [0, 0.1) is 11.3 Å². The van der Waals surface area contributed by atoms with E-state index in [0.717, 1.165) is 12.1 Å². The molecule has 0 bridgehead atoms. The molecule has 0 saturated carbocycles. The first kappa shape index (κ1) is 12.4. The highest BCUT2D eigenvalue weighted by atomic mass is 19.4. The molecule has 1 unspecified atom stereocenters. The Hall–Kier alpha value is -1.70. The molecule has 0 heterocycles. The topological polar surface area (TPSA) is 33.0 Å². The Morgan fingerprint density at radius 2 is 1.88 bits per heavy atom. The normalized spacial score (nSPS) is 12.9. The minimum atomic E-state index is -4.34. The molecule has 0 spiro atoms. The van der Waals surface area contributed by atoms with Gasteiger partial charge in [-0.05, 0) is 31.2 Å². The van der Waals surface area contributed by atoms with Gasteiger partial charge in [0.15, 0.2) is 0 Å². The number of hydrogen-bond donors (Lipinski definition) is 0. The van der Waals surface area contributed by atoms with E-state index >= 15 is 0 Å². The third-order valence-corrected chi connectivity index (χ3v) is 1.90. The summed E-state index contributed by atoms with van der Waals surface area (Å²) in [5, 5.41) is 8.39. The fourth-order valence-corrected chi connectivity index (χ4v) is 1.13. The number of benzene rings is 1. The summed E-state index contributed by atoms with van der Waals surface area (Å²) in [6.45, 7) is 1.68. The molecule has 0 amide bonds. The summed E-state index contributed by atoms with van der Waals surface area (Å²) in [6.07, 6.45) is -4.47. The summed E-state index contributed by atoms with van der Waals surface area (Å²) in [7, 11) is 0. The zero-order chi connectivity index (χ0) is 12.2. The lowest BCUT2D eigenvalue weighted by Gasteiger charge is -2.12. The van der Waals surface area contributed by atoms with Gasteiger partial charge in [0.25, 0.3) is 0 Å². The minimum Gasteiger partial charge on any atom is -0.490 e. The standard InChI is InChI=1S/C11H10F3NO/c1-8(6-7-15)16-10-4-2-9(3-5-10)11(12,13)14/h2-5,8H,6H2,1H3. The van der Waals surface area contributed by atoms with Gasteiger partial charge in [0.1, 0.15) is 11.9 Å². The summed E-state index contributed by atoms with van der Waals surface area (Å²) in [5.74, 6) is 0.329. The van der Waals surface area contributed by atoms with Crippen molar-refractivity contribution in [2.45, 2.75) is 25.6 Å². The van der Waals surface area contributed by atoms with E-state index in [0.29, 0.717) is 5.75 Å². The molecule has 5 heteroatoms. The molecule has 0 saturated heterocycles. The highest BCUT2D eigenvalue weighted by Crippen LogP contribution is 2.30. The van der Waals surface area contributed by atoms with Crippen LogP contribution in [-0.2, 0) is 6.18 Å². The molecular weight excluding hydrogens is 219 g/mol. The maximum absolute atomic E-state index is 12.2. The summed E-state index contributed by atoms with van der Waals surface area (Å²) < 4.78 is 41.9. The van der Waals surface area contributed by atoms with Gasteiger partial charge in [-0.1, -0.05) is 0 Å². The number of rotatable bonds is 3. The highest BCUT2D eigenvalue weighted by molar-refractivity contribution is 5.29. The van der Waals surface area contributed by atoms with Crippen LogP contribution < -0.4 is 4.74 Å². The van der Waals surface area contributed by atoms with Crippen LogP contribution in [0.3, 0.4) is 0 Å². The predicted octanol–water partition coefficient (Wildman–Crippen LogP) is 3.39. The smallest absolute Gasteiger partial charge is 0.416 e. The van der Waals surface area contributed by atoms with Crippen molar-refractivity contribution in [1.29, 1.82) is 5.26 Å². The average Bonchev–Trinajstić information content (AvgIpc) is 2.17. The van der Waals surface area contributed by atoms with Gasteiger partial charge in [-0.15, -0.1) is 0 Å². The molecule has 0 aromatic heterocycles. The van der Waals surface area contributed by atoms with E-state index < -0.39 is 11.7 Å².